The van der Waals surface area contributed by atoms with Crippen LogP contribution in [0.4, 0.5) is 0 Å². The van der Waals surface area contributed by atoms with E-state index >= 15 is 0 Å². The van der Waals surface area contributed by atoms with Gasteiger partial charge in [-0.1, -0.05) is 0 Å². The summed E-state index contributed by atoms with van der Waals surface area (Å²) in [6.45, 7) is 2.04. The van der Waals surface area contributed by atoms with E-state index in [9.17, 15) is 4.79 Å². The summed E-state index contributed by atoms with van der Waals surface area (Å²) >= 11 is 5.71. The Kier molecular flexibility index (Phi) is 3.19. The maximum Gasteiger partial charge on any atom is 0.240 e. The van der Waals surface area contributed by atoms with Crippen molar-refractivity contribution >= 4 is 17.5 Å². The van der Waals surface area contributed by atoms with E-state index < -0.39 is 5.38 Å². The molecule has 2 rings (SSSR count). The number of carbonyl (C=O) groups excluding carboxylic acids is 1. The Morgan fingerprint density at radius 1 is 1.75 bits per heavy atom. The van der Waals surface area contributed by atoms with Crippen molar-refractivity contribution in [1.82, 2.24) is 9.88 Å². The first-order chi connectivity index (χ1) is 7.58. The fourth-order valence-corrected chi connectivity index (χ4v) is 1.71. The SMILES string of the molecule is CC(Cl)C(=O)N(C)Cc1ncc(C2CC2)o1. The minimum absolute atomic E-state index is 0.118. The number of aromatic nitrogens is 1. The zero-order valence-electron chi connectivity index (χ0n) is 9.44. The number of alkyl halides is 1. The zero-order chi connectivity index (χ0) is 11.7. The van der Waals surface area contributed by atoms with Gasteiger partial charge < -0.3 is 9.32 Å². The fraction of sp³-hybridized carbons (Fsp3) is 0.636. The normalized spacial score (nSPS) is 17.2. The lowest BCUT2D eigenvalue weighted by Crippen LogP contribution is -2.31. The Morgan fingerprint density at radius 2 is 2.44 bits per heavy atom. The molecule has 0 spiro atoms. The highest BCUT2D eigenvalue weighted by Crippen LogP contribution is 2.40. The molecule has 0 aromatic carbocycles. The van der Waals surface area contributed by atoms with Crippen molar-refractivity contribution in [2.24, 2.45) is 0 Å². The van der Waals surface area contributed by atoms with Crippen LogP contribution < -0.4 is 0 Å². The molecule has 16 heavy (non-hydrogen) atoms. The lowest BCUT2D eigenvalue weighted by Gasteiger charge is -2.16. The first kappa shape index (κ1) is 11.5. The van der Waals surface area contributed by atoms with Crippen LogP contribution in [-0.4, -0.2) is 28.2 Å². The van der Waals surface area contributed by atoms with E-state index in [2.05, 4.69) is 4.98 Å². The van der Waals surface area contributed by atoms with Gasteiger partial charge in [0, 0.05) is 13.0 Å². The highest BCUT2D eigenvalue weighted by molar-refractivity contribution is 6.30. The summed E-state index contributed by atoms with van der Waals surface area (Å²) in [4.78, 5) is 17.2. The van der Waals surface area contributed by atoms with Crippen LogP contribution in [0.25, 0.3) is 0 Å². The van der Waals surface area contributed by atoms with Crippen LogP contribution in [0.15, 0.2) is 10.6 Å². The molecule has 1 aromatic rings. The van der Waals surface area contributed by atoms with Crippen molar-refractivity contribution in [3.8, 4) is 0 Å². The molecule has 5 heteroatoms. The lowest BCUT2D eigenvalue weighted by atomic mass is 10.3. The van der Waals surface area contributed by atoms with Gasteiger partial charge in [-0.2, -0.15) is 0 Å². The monoisotopic (exact) mass is 242 g/mol. The second-order valence-corrected chi connectivity index (χ2v) is 4.90. The summed E-state index contributed by atoms with van der Waals surface area (Å²) in [6, 6.07) is 0. The molecule has 1 aliphatic rings. The number of carbonyl (C=O) groups is 1. The summed E-state index contributed by atoms with van der Waals surface area (Å²) in [5.74, 6) is 1.95. The van der Waals surface area contributed by atoms with Crippen molar-refractivity contribution in [3.63, 3.8) is 0 Å². The molecule has 1 aromatic heterocycles. The van der Waals surface area contributed by atoms with Gasteiger partial charge in [-0.25, -0.2) is 4.98 Å². The van der Waals surface area contributed by atoms with Crippen LogP contribution in [0.1, 0.15) is 37.3 Å². The number of halogens is 1. The van der Waals surface area contributed by atoms with Crippen LogP contribution in [0.5, 0.6) is 0 Å². The highest BCUT2D eigenvalue weighted by atomic mass is 35.5. The molecule has 4 nitrogen and oxygen atoms in total. The number of amides is 1. The Balaban J connectivity index is 1.94. The van der Waals surface area contributed by atoms with Crippen LogP contribution in [0.2, 0.25) is 0 Å². The average molecular weight is 243 g/mol. The van der Waals surface area contributed by atoms with Crippen molar-refractivity contribution < 1.29 is 9.21 Å². The van der Waals surface area contributed by atoms with E-state index in [-0.39, 0.29) is 5.91 Å². The highest BCUT2D eigenvalue weighted by Gasteiger charge is 2.27. The van der Waals surface area contributed by atoms with E-state index in [4.69, 9.17) is 16.0 Å². The smallest absolute Gasteiger partial charge is 0.240 e. The summed E-state index contributed by atoms with van der Waals surface area (Å²) in [7, 11) is 1.70. The van der Waals surface area contributed by atoms with Gasteiger partial charge in [0.15, 0.2) is 0 Å². The maximum absolute atomic E-state index is 11.5. The zero-order valence-corrected chi connectivity index (χ0v) is 10.2. The quantitative estimate of drug-likeness (QED) is 0.760. The summed E-state index contributed by atoms with van der Waals surface area (Å²) in [6.07, 6.45) is 4.12. The fourth-order valence-electron chi connectivity index (χ4n) is 1.54. The summed E-state index contributed by atoms with van der Waals surface area (Å²) < 4.78 is 5.56. The van der Waals surface area contributed by atoms with Crippen molar-refractivity contribution in [2.75, 3.05) is 7.05 Å². The molecule has 0 bridgehead atoms. The van der Waals surface area contributed by atoms with Gasteiger partial charge in [0.1, 0.15) is 11.1 Å². The number of oxazole rings is 1. The second kappa shape index (κ2) is 4.45. The third kappa shape index (κ3) is 2.55. The third-order valence-corrected chi connectivity index (χ3v) is 2.83. The summed E-state index contributed by atoms with van der Waals surface area (Å²) in [5.41, 5.74) is 0. The topological polar surface area (TPSA) is 46.3 Å². The molecule has 1 unspecified atom stereocenters. The molecular weight excluding hydrogens is 228 g/mol. The van der Waals surface area contributed by atoms with Crippen LogP contribution >= 0.6 is 11.6 Å². The molecule has 1 amide bonds. The number of rotatable bonds is 4. The average Bonchev–Trinajstić information content (AvgIpc) is 2.99. The maximum atomic E-state index is 11.5. The standard InChI is InChI=1S/C11H15ClN2O2/c1-7(12)11(15)14(2)6-10-13-5-9(16-10)8-3-4-8/h5,7-8H,3-4,6H2,1-2H3. The van der Waals surface area contributed by atoms with Crippen LogP contribution in [0.3, 0.4) is 0 Å². The van der Waals surface area contributed by atoms with Gasteiger partial charge in [0.05, 0.1) is 12.7 Å². The molecule has 1 saturated carbocycles. The third-order valence-electron chi connectivity index (χ3n) is 2.64. The molecule has 88 valence electrons. The number of nitrogens with zero attached hydrogens (tertiary/aromatic N) is 2. The van der Waals surface area contributed by atoms with Gasteiger partial charge >= 0.3 is 0 Å². The Hall–Kier alpha value is -1.03. The largest absolute Gasteiger partial charge is 0.443 e. The van der Waals surface area contributed by atoms with Gasteiger partial charge in [0.2, 0.25) is 11.8 Å². The molecule has 0 radical (unpaired) electrons. The molecule has 0 aliphatic heterocycles. The van der Waals surface area contributed by atoms with E-state index in [0.717, 1.165) is 5.76 Å². The molecule has 1 heterocycles. The molecule has 0 saturated heterocycles. The Morgan fingerprint density at radius 3 is 3.00 bits per heavy atom. The van der Waals surface area contributed by atoms with Crippen molar-refractivity contribution in [1.29, 1.82) is 0 Å². The first-order valence-corrected chi connectivity index (χ1v) is 5.85. The lowest BCUT2D eigenvalue weighted by molar-refractivity contribution is -0.130. The van der Waals surface area contributed by atoms with Crippen molar-refractivity contribution in [2.45, 2.75) is 37.6 Å². The number of hydrogen-bond donors (Lipinski definition) is 0. The minimum Gasteiger partial charge on any atom is -0.443 e. The molecule has 1 fully saturated rings. The molecular formula is C11H15ClN2O2. The molecule has 1 atom stereocenters. The van der Waals surface area contributed by atoms with Gasteiger partial charge in [-0.15, -0.1) is 11.6 Å². The molecule has 0 N–H and O–H groups in total. The Bertz CT molecular complexity index is 385. The first-order valence-electron chi connectivity index (χ1n) is 5.41. The molecule has 1 aliphatic carbocycles. The number of hydrogen-bond acceptors (Lipinski definition) is 3. The van der Waals surface area contributed by atoms with Crippen LogP contribution in [-0.2, 0) is 11.3 Å². The predicted molar refractivity (Wildman–Crippen MR) is 60.3 cm³/mol. The van der Waals surface area contributed by atoms with E-state index in [1.165, 1.54) is 17.7 Å². The minimum atomic E-state index is -0.511. The summed E-state index contributed by atoms with van der Waals surface area (Å²) in [5, 5.41) is -0.511. The van der Waals surface area contributed by atoms with E-state index in [0.29, 0.717) is 18.4 Å². The van der Waals surface area contributed by atoms with Gasteiger partial charge in [-0.05, 0) is 19.8 Å². The van der Waals surface area contributed by atoms with Gasteiger partial charge in [-0.3, -0.25) is 4.79 Å². The van der Waals surface area contributed by atoms with Crippen LogP contribution in [0, 0.1) is 0 Å². The van der Waals surface area contributed by atoms with Gasteiger partial charge in [0.25, 0.3) is 0 Å². The predicted octanol–water partition coefficient (Wildman–Crippen LogP) is 2.14. The van der Waals surface area contributed by atoms with E-state index in [1.54, 1.807) is 20.2 Å². The van der Waals surface area contributed by atoms with Crippen molar-refractivity contribution in [3.05, 3.63) is 17.8 Å². The Labute approximate surface area is 99.6 Å². The van der Waals surface area contributed by atoms with E-state index in [1.807, 2.05) is 0 Å². The second-order valence-electron chi connectivity index (χ2n) is 4.24.